The molecule has 1 heterocycles. The third-order valence-corrected chi connectivity index (χ3v) is 3.51. The van der Waals surface area contributed by atoms with Gasteiger partial charge in [-0.15, -0.1) is 11.3 Å². The quantitative estimate of drug-likeness (QED) is 0.324. The summed E-state index contributed by atoms with van der Waals surface area (Å²) in [4.78, 5) is 12.5. The Morgan fingerprint density at radius 1 is 1.29 bits per heavy atom. The Balaban J connectivity index is 2.11. The monoisotopic (exact) mass is 255 g/mol. The lowest BCUT2D eigenvalue weighted by atomic mass is 10.1. The van der Waals surface area contributed by atoms with Crippen LogP contribution in [0.25, 0.3) is 0 Å². The van der Waals surface area contributed by atoms with Crippen molar-refractivity contribution in [3.8, 4) is 0 Å². The van der Waals surface area contributed by atoms with Gasteiger partial charge in [0.15, 0.2) is 0 Å². The van der Waals surface area contributed by atoms with Crippen LogP contribution < -0.4 is 0 Å². The third-order valence-electron chi connectivity index (χ3n) is 2.43. The molecule has 0 spiro atoms. The average molecular weight is 255 g/mol. The first kappa shape index (κ1) is 13.7. The Bertz CT molecular complexity index is 374. The second-order valence-corrected chi connectivity index (χ2v) is 5.06. The highest BCUT2D eigenvalue weighted by molar-refractivity contribution is 7.13. The predicted octanol–water partition coefficient (Wildman–Crippen LogP) is 3.13. The number of nitrogens with zero attached hydrogens (tertiary/aromatic N) is 1. The molecule has 0 aliphatic heterocycles. The molecule has 0 fully saturated rings. The number of thiophene rings is 1. The van der Waals surface area contributed by atoms with E-state index < -0.39 is 5.97 Å². The predicted molar refractivity (Wildman–Crippen MR) is 68.1 cm³/mol. The van der Waals surface area contributed by atoms with Crippen LogP contribution in [0.3, 0.4) is 0 Å². The highest BCUT2D eigenvalue weighted by atomic mass is 32.1. The fraction of sp³-hybridized carbons (Fsp3) is 0.500. The van der Waals surface area contributed by atoms with E-state index >= 15 is 0 Å². The maximum atomic E-state index is 10.3. The summed E-state index contributed by atoms with van der Waals surface area (Å²) >= 11 is 1.62. The zero-order valence-electron chi connectivity index (χ0n) is 9.63. The molecule has 0 unspecified atom stereocenters. The second kappa shape index (κ2) is 7.84. The van der Waals surface area contributed by atoms with E-state index in [1.54, 1.807) is 11.3 Å². The van der Waals surface area contributed by atoms with Crippen molar-refractivity contribution in [3.63, 3.8) is 0 Å². The van der Waals surface area contributed by atoms with Gasteiger partial charge < -0.3 is 10.3 Å². The van der Waals surface area contributed by atoms with Gasteiger partial charge in [-0.2, -0.15) is 0 Å². The van der Waals surface area contributed by atoms with Gasteiger partial charge in [0.1, 0.15) is 0 Å². The van der Waals surface area contributed by atoms with Crippen molar-refractivity contribution in [1.29, 1.82) is 0 Å². The summed E-state index contributed by atoms with van der Waals surface area (Å²) in [5.41, 5.74) is 0. The number of carbonyl (C=O) groups is 1. The van der Waals surface area contributed by atoms with Gasteiger partial charge in [-0.1, -0.05) is 18.0 Å². The number of rotatable bonds is 8. The molecule has 0 aromatic carbocycles. The highest BCUT2D eigenvalue weighted by Crippen LogP contribution is 2.17. The summed E-state index contributed by atoms with van der Waals surface area (Å²) in [6, 6.07) is 3.98. The molecule has 1 rings (SSSR count). The Morgan fingerprint density at radius 2 is 2.06 bits per heavy atom. The molecule has 0 radical (unpaired) electrons. The normalized spacial score (nSPS) is 11.1. The molecule has 0 saturated heterocycles. The van der Waals surface area contributed by atoms with Crippen LogP contribution in [0.5, 0.6) is 0 Å². The smallest absolute Gasteiger partial charge is 0.303 e. The molecular weight excluding hydrogens is 238 g/mol. The Morgan fingerprint density at radius 3 is 2.76 bits per heavy atom. The molecule has 0 saturated carbocycles. The van der Waals surface area contributed by atoms with Gasteiger partial charge in [-0.05, 0) is 31.4 Å². The highest BCUT2D eigenvalue weighted by Gasteiger charge is 2.00. The number of carboxylic acids is 1. The van der Waals surface area contributed by atoms with Gasteiger partial charge in [0.25, 0.3) is 0 Å². The SMILES string of the molecule is O=C(O)CCCCCCc1ccc(/C=N/O)s1. The van der Waals surface area contributed by atoms with E-state index in [9.17, 15) is 4.79 Å². The van der Waals surface area contributed by atoms with Gasteiger partial charge in [-0.3, -0.25) is 4.79 Å². The second-order valence-electron chi connectivity index (χ2n) is 3.86. The number of hydrogen-bond acceptors (Lipinski definition) is 4. The molecule has 0 aliphatic rings. The number of hydrogen-bond donors (Lipinski definition) is 2. The van der Waals surface area contributed by atoms with E-state index in [1.807, 2.05) is 12.1 Å². The first-order valence-corrected chi connectivity index (χ1v) is 6.52. The first-order chi connectivity index (χ1) is 8.22. The minimum absolute atomic E-state index is 0.274. The molecule has 1 aromatic rings. The van der Waals surface area contributed by atoms with Gasteiger partial charge in [-0.25, -0.2) is 0 Å². The zero-order valence-corrected chi connectivity index (χ0v) is 10.4. The summed E-state index contributed by atoms with van der Waals surface area (Å²) in [5.74, 6) is -0.712. The molecule has 5 heteroatoms. The van der Waals surface area contributed by atoms with E-state index in [-0.39, 0.29) is 6.42 Å². The van der Waals surface area contributed by atoms with Crippen molar-refractivity contribution in [2.45, 2.75) is 38.5 Å². The number of unbranched alkanes of at least 4 members (excludes halogenated alkanes) is 3. The lowest BCUT2D eigenvalue weighted by molar-refractivity contribution is -0.137. The summed E-state index contributed by atoms with van der Waals surface area (Å²) in [5, 5.41) is 19.8. The molecular formula is C12H17NO3S. The molecule has 0 bridgehead atoms. The van der Waals surface area contributed by atoms with Gasteiger partial charge in [0.05, 0.1) is 6.21 Å². The average Bonchev–Trinajstić information content (AvgIpc) is 2.71. The maximum absolute atomic E-state index is 10.3. The van der Waals surface area contributed by atoms with E-state index in [1.165, 1.54) is 11.1 Å². The molecule has 1 aromatic heterocycles. The van der Waals surface area contributed by atoms with Gasteiger partial charge in [0.2, 0.25) is 0 Å². The standard InChI is InChI=1S/C12H17NO3S/c14-12(15)6-4-2-1-3-5-10-7-8-11(17-10)9-13-16/h7-9,16H,1-6H2,(H,14,15)/b13-9+. The Kier molecular flexibility index (Phi) is 6.32. The summed E-state index contributed by atoms with van der Waals surface area (Å²) in [6.07, 6.45) is 6.60. The van der Waals surface area contributed by atoms with Gasteiger partial charge in [0, 0.05) is 16.2 Å². The number of carboxylic acid groups (broad SMARTS) is 1. The number of aryl methyl sites for hydroxylation is 1. The number of aliphatic carboxylic acids is 1. The fourth-order valence-corrected chi connectivity index (χ4v) is 2.51. The van der Waals surface area contributed by atoms with Gasteiger partial charge >= 0.3 is 5.97 Å². The van der Waals surface area contributed by atoms with Crippen molar-refractivity contribution in [1.82, 2.24) is 0 Å². The third kappa shape index (κ3) is 6.06. The largest absolute Gasteiger partial charge is 0.481 e. The van der Waals surface area contributed by atoms with Crippen LogP contribution in [0.1, 0.15) is 41.9 Å². The summed E-state index contributed by atoms with van der Waals surface area (Å²) in [7, 11) is 0. The van der Waals surface area contributed by atoms with Crippen LogP contribution in [0, 0.1) is 0 Å². The maximum Gasteiger partial charge on any atom is 0.303 e. The minimum atomic E-state index is -0.712. The van der Waals surface area contributed by atoms with Crippen LogP contribution >= 0.6 is 11.3 Å². The topological polar surface area (TPSA) is 69.9 Å². The van der Waals surface area contributed by atoms with E-state index in [4.69, 9.17) is 10.3 Å². The summed E-state index contributed by atoms with van der Waals surface area (Å²) in [6.45, 7) is 0. The van der Waals surface area contributed by atoms with Crippen molar-refractivity contribution < 1.29 is 15.1 Å². The fourth-order valence-electron chi connectivity index (χ4n) is 1.58. The minimum Gasteiger partial charge on any atom is -0.481 e. The van der Waals surface area contributed by atoms with Crippen molar-refractivity contribution >= 4 is 23.5 Å². The number of oxime groups is 1. The molecule has 2 N–H and O–H groups in total. The van der Waals surface area contributed by atoms with E-state index in [0.717, 1.165) is 37.0 Å². The van der Waals surface area contributed by atoms with E-state index in [0.29, 0.717) is 0 Å². The van der Waals surface area contributed by atoms with Crippen LogP contribution in [-0.2, 0) is 11.2 Å². The first-order valence-electron chi connectivity index (χ1n) is 5.70. The Hall–Kier alpha value is -1.36. The summed E-state index contributed by atoms with van der Waals surface area (Å²) < 4.78 is 0. The molecule has 4 nitrogen and oxygen atoms in total. The van der Waals surface area contributed by atoms with Crippen molar-refractivity contribution in [2.75, 3.05) is 0 Å². The lowest BCUT2D eigenvalue weighted by Crippen LogP contribution is -1.93. The zero-order chi connectivity index (χ0) is 12.5. The molecule has 0 aliphatic carbocycles. The molecule has 94 valence electrons. The molecule has 0 amide bonds. The van der Waals surface area contributed by atoms with Crippen LogP contribution in [-0.4, -0.2) is 22.5 Å². The van der Waals surface area contributed by atoms with E-state index in [2.05, 4.69) is 5.16 Å². The lowest BCUT2D eigenvalue weighted by Gasteiger charge is -1.98. The molecule has 0 atom stereocenters. The molecule has 17 heavy (non-hydrogen) atoms. The van der Waals surface area contributed by atoms with Crippen LogP contribution in [0.15, 0.2) is 17.3 Å². The van der Waals surface area contributed by atoms with Crippen molar-refractivity contribution in [2.24, 2.45) is 5.16 Å². The van der Waals surface area contributed by atoms with Crippen LogP contribution in [0.2, 0.25) is 0 Å². The van der Waals surface area contributed by atoms with Crippen molar-refractivity contribution in [3.05, 3.63) is 21.9 Å². The Labute approximate surface area is 105 Å². The van der Waals surface area contributed by atoms with Crippen LogP contribution in [0.4, 0.5) is 0 Å².